The number of halogens is 1. The standard InChI is InChI=1S/C22H29N3O.ClH/c1-26-22-15-19(18-5-3-2-4-6-18)7-8-20(22)16-24-12-9-21(17-24)25-13-10-23-11-14-25;/h2-8,15,21,23H,9-14,16-17H2,1H3;1H. The van der Waals surface area contributed by atoms with Crippen LogP contribution in [0.5, 0.6) is 5.75 Å². The molecule has 2 aromatic rings. The van der Waals surface area contributed by atoms with E-state index in [0.29, 0.717) is 6.04 Å². The Labute approximate surface area is 168 Å². The average molecular weight is 388 g/mol. The third-order valence-corrected chi connectivity index (χ3v) is 5.70. The summed E-state index contributed by atoms with van der Waals surface area (Å²) in [6.45, 7) is 7.96. The molecule has 5 heteroatoms. The van der Waals surface area contributed by atoms with Crippen LogP contribution in [0.1, 0.15) is 12.0 Å². The molecule has 0 aliphatic carbocycles. The Morgan fingerprint density at radius 2 is 1.78 bits per heavy atom. The second kappa shape index (κ2) is 9.56. The lowest BCUT2D eigenvalue weighted by atomic mass is 10.0. The van der Waals surface area contributed by atoms with E-state index in [9.17, 15) is 0 Å². The fraction of sp³-hybridized carbons (Fsp3) is 0.455. The molecule has 2 fully saturated rings. The summed E-state index contributed by atoms with van der Waals surface area (Å²) in [5.74, 6) is 0.997. The van der Waals surface area contributed by atoms with Crippen molar-refractivity contribution in [3.63, 3.8) is 0 Å². The van der Waals surface area contributed by atoms with Crippen LogP contribution in [0.25, 0.3) is 11.1 Å². The van der Waals surface area contributed by atoms with Crippen LogP contribution in [-0.2, 0) is 6.54 Å². The molecule has 2 aliphatic heterocycles. The van der Waals surface area contributed by atoms with Gasteiger partial charge in [0.25, 0.3) is 0 Å². The van der Waals surface area contributed by atoms with Crippen molar-refractivity contribution in [1.29, 1.82) is 0 Å². The molecule has 2 heterocycles. The van der Waals surface area contributed by atoms with Crippen LogP contribution in [0.15, 0.2) is 48.5 Å². The molecule has 0 amide bonds. The van der Waals surface area contributed by atoms with Gasteiger partial charge in [0.15, 0.2) is 0 Å². The number of hydrogen-bond acceptors (Lipinski definition) is 4. The molecule has 0 bridgehead atoms. The number of likely N-dealkylation sites (tertiary alicyclic amines) is 1. The van der Waals surface area contributed by atoms with Gasteiger partial charge in [0.1, 0.15) is 5.75 Å². The lowest BCUT2D eigenvalue weighted by Gasteiger charge is -2.32. The molecule has 1 unspecified atom stereocenters. The minimum Gasteiger partial charge on any atom is -0.496 e. The fourth-order valence-corrected chi connectivity index (χ4v) is 4.23. The van der Waals surface area contributed by atoms with Crippen LogP contribution in [0.2, 0.25) is 0 Å². The van der Waals surface area contributed by atoms with E-state index in [0.717, 1.165) is 25.4 Å². The van der Waals surface area contributed by atoms with Crippen molar-refractivity contribution in [2.24, 2.45) is 0 Å². The van der Waals surface area contributed by atoms with E-state index in [4.69, 9.17) is 4.74 Å². The van der Waals surface area contributed by atoms with Gasteiger partial charge in [-0.2, -0.15) is 0 Å². The molecule has 0 spiro atoms. The molecular formula is C22H30ClN3O. The second-order valence-electron chi connectivity index (χ2n) is 7.36. The zero-order chi connectivity index (χ0) is 17.8. The summed E-state index contributed by atoms with van der Waals surface area (Å²) in [6.07, 6.45) is 1.28. The Hall–Kier alpha value is -1.59. The van der Waals surface area contributed by atoms with Crippen LogP contribution < -0.4 is 10.1 Å². The number of rotatable bonds is 5. The first-order valence-corrected chi connectivity index (χ1v) is 9.73. The second-order valence-corrected chi connectivity index (χ2v) is 7.36. The number of ether oxygens (including phenoxy) is 1. The summed E-state index contributed by atoms with van der Waals surface area (Å²) in [7, 11) is 1.78. The maximum Gasteiger partial charge on any atom is 0.123 e. The van der Waals surface area contributed by atoms with Gasteiger partial charge in [0.2, 0.25) is 0 Å². The van der Waals surface area contributed by atoms with Crippen LogP contribution in [-0.4, -0.2) is 62.2 Å². The van der Waals surface area contributed by atoms with E-state index in [1.807, 2.05) is 0 Å². The number of benzene rings is 2. The average Bonchev–Trinajstić information content (AvgIpc) is 3.18. The highest BCUT2D eigenvalue weighted by molar-refractivity contribution is 5.85. The Morgan fingerprint density at radius 3 is 2.52 bits per heavy atom. The van der Waals surface area contributed by atoms with Crippen molar-refractivity contribution >= 4 is 12.4 Å². The highest BCUT2D eigenvalue weighted by Crippen LogP contribution is 2.29. The largest absolute Gasteiger partial charge is 0.496 e. The van der Waals surface area contributed by atoms with Crippen molar-refractivity contribution in [1.82, 2.24) is 15.1 Å². The van der Waals surface area contributed by atoms with Gasteiger partial charge < -0.3 is 10.1 Å². The molecule has 0 aromatic heterocycles. The maximum absolute atomic E-state index is 5.72. The number of nitrogens with one attached hydrogen (secondary N) is 1. The van der Waals surface area contributed by atoms with Crippen molar-refractivity contribution < 1.29 is 4.74 Å². The fourth-order valence-electron chi connectivity index (χ4n) is 4.23. The summed E-state index contributed by atoms with van der Waals surface area (Å²) in [5, 5.41) is 3.45. The highest BCUT2D eigenvalue weighted by Gasteiger charge is 2.28. The predicted octanol–water partition coefficient (Wildman–Crippen LogP) is 3.26. The number of piperazine rings is 1. The van der Waals surface area contributed by atoms with Crippen molar-refractivity contribution in [2.45, 2.75) is 19.0 Å². The molecule has 2 aliphatic rings. The van der Waals surface area contributed by atoms with Crippen molar-refractivity contribution in [3.05, 3.63) is 54.1 Å². The number of methoxy groups -OCH3 is 1. The Balaban J connectivity index is 0.00000210. The summed E-state index contributed by atoms with van der Waals surface area (Å²) in [5.41, 5.74) is 3.73. The van der Waals surface area contributed by atoms with Gasteiger partial charge >= 0.3 is 0 Å². The molecule has 27 heavy (non-hydrogen) atoms. The van der Waals surface area contributed by atoms with Gasteiger partial charge in [-0.3, -0.25) is 9.80 Å². The smallest absolute Gasteiger partial charge is 0.123 e. The highest BCUT2D eigenvalue weighted by atomic mass is 35.5. The van der Waals surface area contributed by atoms with Gasteiger partial charge in [-0.25, -0.2) is 0 Å². The van der Waals surface area contributed by atoms with Crippen LogP contribution in [0, 0.1) is 0 Å². The van der Waals surface area contributed by atoms with Crippen molar-refractivity contribution in [3.8, 4) is 16.9 Å². The topological polar surface area (TPSA) is 27.7 Å². The Kier molecular flexibility index (Phi) is 7.13. The van der Waals surface area contributed by atoms with Crippen LogP contribution in [0.4, 0.5) is 0 Å². The van der Waals surface area contributed by atoms with Crippen molar-refractivity contribution in [2.75, 3.05) is 46.4 Å². The first-order valence-electron chi connectivity index (χ1n) is 9.73. The quantitative estimate of drug-likeness (QED) is 0.852. The molecule has 4 nitrogen and oxygen atoms in total. The summed E-state index contributed by atoms with van der Waals surface area (Å²) < 4.78 is 5.72. The lowest BCUT2D eigenvalue weighted by molar-refractivity contribution is 0.170. The molecular weight excluding hydrogens is 358 g/mol. The third-order valence-electron chi connectivity index (χ3n) is 5.70. The molecule has 4 rings (SSSR count). The zero-order valence-electron chi connectivity index (χ0n) is 16.1. The van der Waals surface area contributed by atoms with E-state index in [-0.39, 0.29) is 12.4 Å². The lowest BCUT2D eigenvalue weighted by Crippen LogP contribution is -2.49. The molecule has 2 saturated heterocycles. The maximum atomic E-state index is 5.72. The van der Waals surface area contributed by atoms with Gasteiger partial charge in [-0.05, 0) is 23.6 Å². The summed E-state index contributed by atoms with van der Waals surface area (Å²) in [6, 6.07) is 17.8. The molecule has 0 radical (unpaired) electrons. The van der Waals surface area contributed by atoms with E-state index >= 15 is 0 Å². The molecule has 2 aromatic carbocycles. The van der Waals surface area contributed by atoms with E-state index in [1.54, 1.807) is 7.11 Å². The van der Waals surface area contributed by atoms with E-state index in [1.165, 1.54) is 49.3 Å². The number of nitrogens with zero attached hydrogens (tertiary/aromatic N) is 2. The van der Waals surface area contributed by atoms with Crippen LogP contribution in [0.3, 0.4) is 0 Å². The minimum atomic E-state index is 0. The van der Waals surface area contributed by atoms with Gasteiger partial charge in [-0.1, -0.05) is 42.5 Å². The normalized spacial score (nSPS) is 21.0. The zero-order valence-corrected chi connectivity index (χ0v) is 16.9. The monoisotopic (exact) mass is 387 g/mol. The molecule has 1 N–H and O–H groups in total. The molecule has 0 saturated carbocycles. The van der Waals surface area contributed by atoms with E-state index in [2.05, 4.69) is 63.6 Å². The van der Waals surface area contributed by atoms with Crippen LogP contribution >= 0.6 is 12.4 Å². The Morgan fingerprint density at radius 1 is 1.00 bits per heavy atom. The predicted molar refractivity (Wildman–Crippen MR) is 114 cm³/mol. The summed E-state index contributed by atoms with van der Waals surface area (Å²) in [4.78, 5) is 5.24. The van der Waals surface area contributed by atoms with Gasteiger partial charge in [-0.15, -0.1) is 12.4 Å². The van der Waals surface area contributed by atoms with Gasteiger partial charge in [0, 0.05) is 57.4 Å². The third kappa shape index (κ3) is 4.82. The van der Waals surface area contributed by atoms with E-state index < -0.39 is 0 Å². The first kappa shape index (κ1) is 20.2. The molecule has 1 atom stereocenters. The SMILES string of the molecule is COc1cc(-c2ccccc2)ccc1CN1CCC(N2CCNCC2)C1.Cl. The Bertz CT molecular complexity index is 719. The minimum absolute atomic E-state index is 0. The molecule has 146 valence electrons. The number of hydrogen-bond donors (Lipinski definition) is 1. The van der Waals surface area contributed by atoms with Gasteiger partial charge in [0.05, 0.1) is 7.11 Å². The summed E-state index contributed by atoms with van der Waals surface area (Å²) >= 11 is 0. The first-order chi connectivity index (χ1) is 12.8.